The van der Waals surface area contributed by atoms with Gasteiger partial charge in [0, 0.05) is 0 Å². The summed E-state index contributed by atoms with van der Waals surface area (Å²) in [6.07, 6.45) is -9.12. The van der Waals surface area contributed by atoms with Gasteiger partial charge in [-0.25, -0.2) is 4.39 Å². The largest absolute Gasteiger partial charge is 0.456 e. The van der Waals surface area contributed by atoms with Crippen LogP contribution in [0.5, 0.6) is 0 Å². The Morgan fingerprint density at radius 1 is 1.09 bits per heavy atom. The smallest absolute Gasteiger partial charge is 0.233 e. The van der Waals surface area contributed by atoms with Gasteiger partial charge in [-0.05, 0) is 6.42 Å². The van der Waals surface area contributed by atoms with E-state index in [0.29, 0.717) is 0 Å². The first-order valence-corrected chi connectivity index (χ1v) is 2.69. The van der Waals surface area contributed by atoms with Gasteiger partial charge in [-0.1, -0.05) is 6.92 Å². The monoisotopic (exact) mass is 179 g/mol. The molecule has 0 aliphatic rings. The number of halogens is 6. The molecule has 0 saturated carbocycles. The van der Waals surface area contributed by atoms with Crippen LogP contribution < -0.4 is 0 Å². The number of hydrogen-bond donors (Lipinski definition) is 0. The lowest BCUT2D eigenvalue weighted by Gasteiger charge is -2.20. The van der Waals surface area contributed by atoms with Crippen molar-refractivity contribution in [2.24, 2.45) is 0 Å². The number of hydrogen-bond acceptors (Lipinski definition) is 0. The molecule has 6 heteroatoms. The Kier molecular flexibility index (Phi) is 2.79. The van der Waals surface area contributed by atoms with E-state index in [1.54, 1.807) is 0 Å². The topological polar surface area (TPSA) is 0 Å². The second kappa shape index (κ2) is 2.91. The van der Waals surface area contributed by atoms with E-state index in [2.05, 4.69) is 0 Å². The van der Waals surface area contributed by atoms with Gasteiger partial charge in [0.1, 0.15) is 0 Å². The molecule has 0 aromatic heterocycles. The summed E-state index contributed by atoms with van der Waals surface area (Å²) in [7, 11) is 0. The van der Waals surface area contributed by atoms with Crippen molar-refractivity contribution in [2.75, 3.05) is 0 Å². The molecule has 0 aromatic carbocycles. The number of alkyl halides is 5. The molecule has 0 amide bonds. The third-order valence-corrected chi connectivity index (χ3v) is 1.01. The van der Waals surface area contributed by atoms with Crippen LogP contribution in [0.4, 0.5) is 26.3 Å². The summed E-state index contributed by atoms with van der Waals surface area (Å²) in [6.45, 7) is 0.884. The standard InChI is InChI=1S/C5H5F6/c1-2-3(6)4(7,8)5(9,10)11/h2H2,1H3. The van der Waals surface area contributed by atoms with Gasteiger partial charge in [0.25, 0.3) is 0 Å². The molecule has 0 aliphatic carbocycles. The summed E-state index contributed by atoms with van der Waals surface area (Å²) >= 11 is 0. The predicted molar refractivity (Wildman–Crippen MR) is 25.6 cm³/mol. The van der Waals surface area contributed by atoms with Crippen molar-refractivity contribution in [3.63, 3.8) is 0 Å². The maximum atomic E-state index is 11.9. The van der Waals surface area contributed by atoms with Crippen LogP contribution in [0, 0.1) is 6.17 Å². The van der Waals surface area contributed by atoms with E-state index in [1.165, 1.54) is 0 Å². The molecule has 0 spiro atoms. The molecule has 0 bridgehead atoms. The Morgan fingerprint density at radius 3 is 1.55 bits per heavy atom. The lowest BCUT2D eigenvalue weighted by molar-refractivity contribution is -0.283. The van der Waals surface area contributed by atoms with E-state index >= 15 is 0 Å². The molecule has 0 heterocycles. The fourth-order valence-corrected chi connectivity index (χ4v) is 0.376. The Labute approximate surface area is 59.2 Å². The Morgan fingerprint density at radius 2 is 1.45 bits per heavy atom. The van der Waals surface area contributed by atoms with E-state index < -0.39 is 24.7 Å². The van der Waals surface area contributed by atoms with E-state index in [9.17, 15) is 26.3 Å². The molecule has 0 N–H and O–H groups in total. The predicted octanol–water partition coefficient (Wildman–Crippen LogP) is 3.10. The molecule has 0 rings (SSSR count). The van der Waals surface area contributed by atoms with Gasteiger partial charge < -0.3 is 0 Å². The van der Waals surface area contributed by atoms with Crippen LogP contribution in [0.1, 0.15) is 13.3 Å². The van der Waals surface area contributed by atoms with Gasteiger partial charge in [-0.15, -0.1) is 0 Å². The first-order chi connectivity index (χ1) is 4.73. The zero-order chi connectivity index (χ0) is 9.28. The van der Waals surface area contributed by atoms with E-state index in [1.807, 2.05) is 0 Å². The second-order valence-corrected chi connectivity index (χ2v) is 1.83. The molecule has 0 aromatic rings. The first kappa shape index (κ1) is 10.6. The van der Waals surface area contributed by atoms with Crippen LogP contribution in [0.3, 0.4) is 0 Å². The third-order valence-electron chi connectivity index (χ3n) is 1.01. The zero-order valence-electron chi connectivity index (χ0n) is 5.47. The van der Waals surface area contributed by atoms with Crippen molar-refractivity contribution < 1.29 is 26.3 Å². The van der Waals surface area contributed by atoms with Crippen LogP contribution in [-0.4, -0.2) is 12.1 Å². The highest BCUT2D eigenvalue weighted by atomic mass is 19.4. The van der Waals surface area contributed by atoms with Crippen molar-refractivity contribution in [1.82, 2.24) is 0 Å². The average molecular weight is 179 g/mol. The van der Waals surface area contributed by atoms with Crippen LogP contribution in [0.15, 0.2) is 0 Å². The molecule has 0 nitrogen and oxygen atoms in total. The lowest BCUT2D eigenvalue weighted by Crippen LogP contribution is -2.40. The number of rotatable bonds is 2. The van der Waals surface area contributed by atoms with E-state index in [-0.39, 0.29) is 0 Å². The molecule has 67 valence electrons. The molecule has 0 aliphatic heterocycles. The van der Waals surface area contributed by atoms with Gasteiger partial charge in [-0.2, -0.15) is 22.0 Å². The summed E-state index contributed by atoms with van der Waals surface area (Å²) in [5, 5.41) is 0. The van der Waals surface area contributed by atoms with Gasteiger partial charge in [0.2, 0.25) is 6.17 Å². The fourth-order valence-electron chi connectivity index (χ4n) is 0.376. The molecule has 11 heavy (non-hydrogen) atoms. The average Bonchev–Trinajstić information content (AvgIpc) is 1.83. The van der Waals surface area contributed by atoms with Crippen LogP contribution in [0.25, 0.3) is 0 Å². The summed E-state index contributed by atoms with van der Waals surface area (Å²) in [5.41, 5.74) is 0. The van der Waals surface area contributed by atoms with Gasteiger partial charge in [0.05, 0.1) is 0 Å². The minimum absolute atomic E-state index is 0.884. The molecule has 0 atom stereocenters. The van der Waals surface area contributed by atoms with Crippen molar-refractivity contribution in [1.29, 1.82) is 0 Å². The zero-order valence-corrected chi connectivity index (χ0v) is 5.47. The van der Waals surface area contributed by atoms with Gasteiger partial charge in [0.15, 0.2) is 0 Å². The van der Waals surface area contributed by atoms with Crippen molar-refractivity contribution >= 4 is 0 Å². The van der Waals surface area contributed by atoms with E-state index in [0.717, 1.165) is 6.92 Å². The Hall–Kier alpha value is -0.420. The Bertz CT molecular complexity index is 125. The normalized spacial score (nSPS) is 14.2. The minimum atomic E-state index is -5.83. The summed E-state index contributed by atoms with van der Waals surface area (Å²) in [4.78, 5) is 0. The van der Waals surface area contributed by atoms with Crippen molar-refractivity contribution in [3.05, 3.63) is 6.17 Å². The molecule has 0 unspecified atom stereocenters. The van der Waals surface area contributed by atoms with Crippen LogP contribution in [0.2, 0.25) is 0 Å². The molecule has 1 radical (unpaired) electrons. The highest BCUT2D eigenvalue weighted by Crippen LogP contribution is 2.44. The molecule has 0 fully saturated rings. The fraction of sp³-hybridized carbons (Fsp3) is 0.800. The minimum Gasteiger partial charge on any atom is -0.233 e. The lowest BCUT2D eigenvalue weighted by atomic mass is 10.1. The Balaban J connectivity index is 4.45. The molecule has 0 saturated heterocycles. The highest BCUT2D eigenvalue weighted by molar-refractivity contribution is 4.97. The SMILES string of the molecule is CC[C](F)C(F)(F)C(F)(F)F. The summed E-state index contributed by atoms with van der Waals surface area (Å²) in [5.74, 6) is -5.30. The quantitative estimate of drug-likeness (QED) is 0.571. The maximum absolute atomic E-state index is 11.9. The molecular formula is C5H5F6. The van der Waals surface area contributed by atoms with Crippen molar-refractivity contribution in [3.8, 4) is 0 Å². The van der Waals surface area contributed by atoms with Crippen molar-refractivity contribution in [2.45, 2.75) is 25.4 Å². The summed E-state index contributed by atoms with van der Waals surface area (Å²) in [6, 6.07) is 0. The van der Waals surface area contributed by atoms with Crippen LogP contribution >= 0.6 is 0 Å². The summed E-state index contributed by atoms with van der Waals surface area (Å²) < 4.78 is 69.2. The van der Waals surface area contributed by atoms with Gasteiger partial charge in [-0.3, -0.25) is 0 Å². The highest BCUT2D eigenvalue weighted by Gasteiger charge is 2.63. The molecular weight excluding hydrogens is 174 g/mol. The maximum Gasteiger partial charge on any atom is 0.456 e. The van der Waals surface area contributed by atoms with Gasteiger partial charge >= 0.3 is 12.1 Å². The van der Waals surface area contributed by atoms with Crippen LogP contribution in [-0.2, 0) is 0 Å². The first-order valence-electron chi connectivity index (χ1n) is 2.69. The van der Waals surface area contributed by atoms with E-state index in [4.69, 9.17) is 0 Å². The second-order valence-electron chi connectivity index (χ2n) is 1.83. The third kappa shape index (κ3) is 2.00.